The predicted molar refractivity (Wildman–Crippen MR) is 127 cm³/mol. The Labute approximate surface area is 189 Å². The summed E-state index contributed by atoms with van der Waals surface area (Å²) in [5.74, 6) is 1.90. The largest absolute Gasteiger partial charge is 0.356 e. The molecule has 154 valence electrons. The molecule has 0 saturated heterocycles. The maximum atomic E-state index is 4.76. The van der Waals surface area contributed by atoms with Gasteiger partial charge in [-0.25, -0.2) is 4.99 Å². The van der Waals surface area contributed by atoms with Crippen molar-refractivity contribution in [1.29, 1.82) is 0 Å². The lowest BCUT2D eigenvalue weighted by Crippen LogP contribution is -2.39. The summed E-state index contributed by atoms with van der Waals surface area (Å²) in [5.41, 5.74) is 1.59. The van der Waals surface area contributed by atoms with Crippen molar-refractivity contribution in [2.24, 2.45) is 4.99 Å². The summed E-state index contributed by atoms with van der Waals surface area (Å²) in [5, 5.41) is 17.2. The highest BCUT2D eigenvalue weighted by molar-refractivity contribution is 14.0. The van der Waals surface area contributed by atoms with E-state index < -0.39 is 0 Å². The number of hydrogen-bond donors (Lipinski definition) is 2. The molecule has 0 spiro atoms. The minimum atomic E-state index is 0. The SMILES string of the molecule is CCc1nncn1CCNC(=NCc1cccs1)NCCC1=CCCCC1.I. The molecule has 0 saturated carbocycles. The Bertz CT molecular complexity index is 738. The molecule has 0 bridgehead atoms. The van der Waals surface area contributed by atoms with Crippen molar-refractivity contribution in [3.05, 3.63) is 46.2 Å². The molecule has 0 amide bonds. The second kappa shape index (κ2) is 12.9. The van der Waals surface area contributed by atoms with E-state index in [2.05, 4.69) is 55.9 Å². The maximum absolute atomic E-state index is 4.76. The summed E-state index contributed by atoms with van der Waals surface area (Å²) in [4.78, 5) is 6.03. The molecule has 0 unspecified atom stereocenters. The number of halogens is 1. The van der Waals surface area contributed by atoms with Gasteiger partial charge in [-0.3, -0.25) is 0 Å². The molecule has 0 radical (unpaired) electrons. The topological polar surface area (TPSA) is 67.1 Å². The molecule has 0 aliphatic heterocycles. The first-order valence-corrected chi connectivity index (χ1v) is 10.8. The van der Waals surface area contributed by atoms with Gasteiger partial charge in [-0.2, -0.15) is 0 Å². The molecular formula is C20H31IN6S. The number of thiophene rings is 1. The zero-order chi connectivity index (χ0) is 18.7. The summed E-state index contributed by atoms with van der Waals surface area (Å²) in [6, 6.07) is 4.20. The fraction of sp³-hybridized carbons (Fsp3) is 0.550. The van der Waals surface area contributed by atoms with Crippen LogP contribution in [0.2, 0.25) is 0 Å². The molecule has 0 fully saturated rings. The Hall–Kier alpha value is -1.42. The third-order valence-corrected chi connectivity index (χ3v) is 5.61. The van der Waals surface area contributed by atoms with Gasteiger partial charge >= 0.3 is 0 Å². The summed E-state index contributed by atoms with van der Waals surface area (Å²) in [6.45, 7) is 5.37. The summed E-state index contributed by atoms with van der Waals surface area (Å²) >= 11 is 1.75. The van der Waals surface area contributed by atoms with Crippen molar-refractivity contribution in [1.82, 2.24) is 25.4 Å². The van der Waals surface area contributed by atoms with Crippen LogP contribution in [-0.2, 0) is 19.5 Å². The molecular weight excluding hydrogens is 483 g/mol. The van der Waals surface area contributed by atoms with Gasteiger partial charge in [-0.05, 0) is 43.6 Å². The Morgan fingerprint density at radius 2 is 2.18 bits per heavy atom. The highest BCUT2D eigenvalue weighted by Crippen LogP contribution is 2.19. The minimum Gasteiger partial charge on any atom is -0.356 e. The number of hydrogen-bond acceptors (Lipinski definition) is 4. The fourth-order valence-electron chi connectivity index (χ4n) is 3.24. The summed E-state index contributed by atoms with van der Waals surface area (Å²) in [7, 11) is 0. The highest BCUT2D eigenvalue weighted by Gasteiger charge is 2.06. The van der Waals surface area contributed by atoms with Crippen LogP contribution < -0.4 is 10.6 Å². The van der Waals surface area contributed by atoms with Crippen molar-refractivity contribution < 1.29 is 0 Å². The Kier molecular flexibility index (Phi) is 10.6. The normalized spacial score (nSPS) is 14.3. The monoisotopic (exact) mass is 514 g/mol. The van der Waals surface area contributed by atoms with Gasteiger partial charge in [0.2, 0.25) is 0 Å². The summed E-state index contributed by atoms with van der Waals surface area (Å²) in [6.07, 6.45) is 11.4. The van der Waals surface area contributed by atoms with E-state index in [-0.39, 0.29) is 24.0 Å². The van der Waals surface area contributed by atoms with Crippen LogP contribution in [0.3, 0.4) is 0 Å². The van der Waals surface area contributed by atoms with E-state index in [4.69, 9.17) is 4.99 Å². The smallest absolute Gasteiger partial charge is 0.191 e. The van der Waals surface area contributed by atoms with Gasteiger partial charge in [0.05, 0.1) is 6.54 Å². The lowest BCUT2D eigenvalue weighted by Gasteiger charge is -2.16. The number of nitrogens with one attached hydrogen (secondary N) is 2. The molecule has 0 aromatic carbocycles. The molecule has 1 aliphatic rings. The first kappa shape index (κ1) is 22.9. The van der Waals surface area contributed by atoms with Crippen LogP contribution in [0.1, 0.15) is 49.7 Å². The standard InChI is InChI=1S/C20H30N6S.HI/c1-2-19-25-24-16-26(19)13-12-22-20(23-15-18-9-6-14-27-18)21-11-10-17-7-4-3-5-8-17;/h6-7,9,14,16H,2-5,8,10-13,15H2,1H3,(H2,21,22,23);1H. The average molecular weight is 514 g/mol. The number of nitrogens with zero attached hydrogens (tertiary/aromatic N) is 4. The van der Waals surface area contributed by atoms with Gasteiger partial charge in [-0.15, -0.1) is 45.5 Å². The molecule has 1 aliphatic carbocycles. The van der Waals surface area contributed by atoms with Crippen LogP contribution in [0, 0.1) is 0 Å². The number of rotatable bonds is 9. The Morgan fingerprint density at radius 1 is 1.29 bits per heavy atom. The number of aliphatic imine (C=N–C) groups is 1. The lowest BCUT2D eigenvalue weighted by molar-refractivity contribution is 0.628. The van der Waals surface area contributed by atoms with Crippen molar-refractivity contribution >= 4 is 41.3 Å². The van der Waals surface area contributed by atoms with Crippen molar-refractivity contribution in [3.63, 3.8) is 0 Å². The third kappa shape index (κ3) is 7.54. The highest BCUT2D eigenvalue weighted by atomic mass is 127. The molecule has 3 rings (SSSR count). The van der Waals surface area contributed by atoms with E-state index >= 15 is 0 Å². The van der Waals surface area contributed by atoms with E-state index in [1.165, 1.54) is 30.6 Å². The number of guanidine groups is 1. The van der Waals surface area contributed by atoms with Gasteiger partial charge in [0.15, 0.2) is 5.96 Å². The van der Waals surface area contributed by atoms with E-state index in [1.54, 1.807) is 23.2 Å². The van der Waals surface area contributed by atoms with Crippen LogP contribution in [0.4, 0.5) is 0 Å². The van der Waals surface area contributed by atoms with Crippen molar-refractivity contribution in [2.45, 2.75) is 58.5 Å². The zero-order valence-corrected chi connectivity index (χ0v) is 19.7. The quantitative estimate of drug-likeness (QED) is 0.229. The van der Waals surface area contributed by atoms with Crippen LogP contribution in [0.25, 0.3) is 0 Å². The number of aryl methyl sites for hydroxylation is 1. The molecule has 0 atom stereocenters. The predicted octanol–water partition coefficient (Wildman–Crippen LogP) is 4.15. The lowest BCUT2D eigenvalue weighted by atomic mass is 9.97. The van der Waals surface area contributed by atoms with Gasteiger partial charge in [0.25, 0.3) is 0 Å². The minimum absolute atomic E-state index is 0. The van der Waals surface area contributed by atoms with Gasteiger partial charge in [0, 0.05) is 30.9 Å². The second-order valence-corrected chi connectivity index (χ2v) is 7.78. The van der Waals surface area contributed by atoms with E-state index in [0.717, 1.165) is 44.3 Å². The Morgan fingerprint density at radius 3 is 2.93 bits per heavy atom. The molecule has 2 heterocycles. The van der Waals surface area contributed by atoms with Gasteiger partial charge in [-0.1, -0.05) is 24.6 Å². The van der Waals surface area contributed by atoms with E-state index in [1.807, 2.05) is 0 Å². The molecule has 6 nitrogen and oxygen atoms in total. The maximum Gasteiger partial charge on any atom is 0.191 e. The molecule has 2 N–H and O–H groups in total. The first-order chi connectivity index (χ1) is 13.3. The number of aromatic nitrogens is 3. The van der Waals surface area contributed by atoms with Gasteiger partial charge in [0.1, 0.15) is 12.2 Å². The Balaban J connectivity index is 0.00000280. The van der Waals surface area contributed by atoms with Crippen LogP contribution in [-0.4, -0.2) is 33.8 Å². The average Bonchev–Trinajstić information content (AvgIpc) is 3.38. The molecule has 2 aromatic rings. The molecule has 28 heavy (non-hydrogen) atoms. The zero-order valence-electron chi connectivity index (χ0n) is 16.6. The molecule has 8 heteroatoms. The van der Waals surface area contributed by atoms with Gasteiger partial charge < -0.3 is 15.2 Å². The first-order valence-electron chi connectivity index (χ1n) is 9.94. The van der Waals surface area contributed by atoms with E-state index in [0.29, 0.717) is 6.54 Å². The van der Waals surface area contributed by atoms with Crippen LogP contribution >= 0.6 is 35.3 Å². The second-order valence-electron chi connectivity index (χ2n) is 6.75. The number of allylic oxidation sites excluding steroid dienone is 1. The van der Waals surface area contributed by atoms with E-state index in [9.17, 15) is 0 Å². The van der Waals surface area contributed by atoms with Crippen molar-refractivity contribution in [3.8, 4) is 0 Å². The van der Waals surface area contributed by atoms with Crippen LogP contribution in [0.15, 0.2) is 40.5 Å². The fourth-order valence-corrected chi connectivity index (χ4v) is 3.87. The third-order valence-electron chi connectivity index (χ3n) is 4.75. The van der Waals surface area contributed by atoms with Crippen LogP contribution in [0.5, 0.6) is 0 Å². The molecule has 2 aromatic heterocycles. The van der Waals surface area contributed by atoms with Crippen molar-refractivity contribution in [2.75, 3.05) is 13.1 Å². The summed E-state index contributed by atoms with van der Waals surface area (Å²) < 4.78 is 2.09.